The minimum Gasteiger partial charge on any atom is -0.342 e. The quantitative estimate of drug-likeness (QED) is 0.544. The molecule has 0 unspecified atom stereocenters. The van der Waals surface area contributed by atoms with Gasteiger partial charge in [-0.2, -0.15) is 16.8 Å². The summed E-state index contributed by atoms with van der Waals surface area (Å²) < 4.78 is 78.4. The summed E-state index contributed by atoms with van der Waals surface area (Å²) in [6.45, 7) is 6.02. The molecule has 2 rings (SSSR count). The molecule has 0 N–H and O–H groups in total. The number of rotatable bonds is 6. The highest BCUT2D eigenvalue weighted by molar-refractivity contribution is 7.86. The van der Waals surface area contributed by atoms with Crippen LogP contribution in [0.1, 0.15) is 27.7 Å². The van der Waals surface area contributed by atoms with Gasteiger partial charge in [-0.05, 0) is 27.7 Å². The SMILES string of the molecule is CC1(C)O[C@@H]2[C@@H](OC(C)(C)O[C@@H]2COS(C)(=O)=O)[C@H](COS(C)(=O)=O)O1. The number of fused-ring (bicyclic) bond motifs is 1. The molecule has 154 valence electrons. The first-order valence-electron chi connectivity index (χ1n) is 7.97. The Labute approximate surface area is 154 Å². The van der Waals surface area contributed by atoms with Crippen LogP contribution in [0.5, 0.6) is 0 Å². The van der Waals surface area contributed by atoms with Crippen molar-refractivity contribution in [1.82, 2.24) is 0 Å². The summed E-state index contributed by atoms with van der Waals surface area (Å²) in [5.74, 6) is -2.19. The normalized spacial score (nSPS) is 34.2. The summed E-state index contributed by atoms with van der Waals surface area (Å²) in [6, 6.07) is 0. The Kier molecular flexibility index (Phi) is 6.12. The minimum atomic E-state index is -3.68. The van der Waals surface area contributed by atoms with Gasteiger partial charge in [0.2, 0.25) is 0 Å². The van der Waals surface area contributed by atoms with Gasteiger partial charge in [-0.15, -0.1) is 0 Å². The molecule has 0 amide bonds. The molecule has 0 aliphatic carbocycles. The smallest absolute Gasteiger partial charge is 0.264 e. The molecule has 12 heteroatoms. The summed E-state index contributed by atoms with van der Waals surface area (Å²) in [5.41, 5.74) is 0. The van der Waals surface area contributed by atoms with E-state index in [1.165, 1.54) is 0 Å². The van der Waals surface area contributed by atoms with Crippen LogP contribution in [0.2, 0.25) is 0 Å². The second-order valence-corrected chi connectivity index (χ2v) is 10.5. The van der Waals surface area contributed by atoms with Crippen LogP contribution < -0.4 is 0 Å². The van der Waals surface area contributed by atoms with Crippen molar-refractivity contribution in [3.63, 3.8) is 0 Å². The van der Waals surface area contributed by atoms with Gasteiger partial charge in [0, 0.05) is 0 Å². The third-order valence-electron chi connectivity index (χ3n) is 3.66. The van der Waals surface area contributed by atoms with E-state index in [1.54, 1.807) is 27.7 Å². The van der Waals surface area contributed by atoms with Crippen molar-refractivity contribution in [2.45, 2.75) is 63.7 Å². The van der Waals surface area contributed by atoms with Crippen LogP contribution in [-0.2, 0) is 47.5 Å². The van der Waals surface area contributed by atoms with Crippen molar-refractivity contribution in [3.05, 3.63) is 0 Å². The molecule has 2 aliphatic heterocycles. The van der Waals surface area contributed by atoms with E-state index in [0.717, 1.165) is 12.5 Å². The first kappa shape index (κ1) is 22.0. The maximum absolute atomic E-state index is 11.3. The summed E-state index contributed by atoms with van der Waals surface area (Å²) in [4.78, 5) is 0. The van der Waals surface area contributed by atoms with Crippen molar-refractivity contribution in [2.24, 2.45) is 0 Å². The molecule has 0 radical (unpaired) electrons. The van der Waals surface area contributed by atoms with Crippen LogP contribution in [0, 0.1) is 0 Å². The first-order chi connectivity index (χ1) is 11.6. The maximum atomic E-state index is 11.3. The first-order valence-corrected chi connectivity index (χ1v) is 11.6. The summed E-state index contributed by atoms with van der Waals surface area (Å²) in [7, 11) is -7.36. The van der Waals surface area contributed by atoms with E-state index in [9.17, 15) is 16.8 Å². The topological polar surface area (TPSA) is 124 Å². The lowest BCUT2D eigenvalue weighted by molar-refractivity contribution is -0.425. The van der Waals surface area contributed by atoms with E-state index in [1.807, 2.05) is 0 Å². The van der Waals surface area contributed by atoms with Gasteiger partial charge in [0.1, 0.15) is 24.4 Å². The highest BCUT2D eigenvalue weighted by Crippen LogP contribution is 2.38. The lowest BCUT2D eigenvalue weighted by Gasteiger charge is -2.53. The lowest BCUT2D eigenvalue weighted by Crippen LogP contribution is -2.67. The molecular weight excluding hydrogens is 392 g/mol. The van der Waals surface area contributed by atoms with E-state index in [4.69, 9.17) is 27.3 Å². The second kappa shape index (κ2) is 7.24. The van der Waals surface area contributed by atoms with Gasteiger partial charge in [-0.25, -0.2) is 0 Å². The van der Waals surface area contributed by atoms with Crippen molar-refractivity contribution < 1.29 is 44.1 Å². The van der Waals surface area contributed by atoms with E-state index in [0.29, 0.717) is 0 Å². The third-order valence-corrected chi connectivity index (χ3v) is 4.79. The van der Waals surface area contributed by atoms with Crippen molar-refractivity contribution >= 4 is 20.2 Å². The molecule has 0 saturated carbocycles. The fourth-order valence-corrected chi connectivity index (χ4v) is 3.68. The van der Waals surface area contributed by atoms with Gasteiger partial charge >= 0.3 is 0 Å². The fourth-order valence-electron chi connectivity index (χ4n) is 2.92. The summed E-state index contributed by atoms with van der Waals surface area (Å²) >= 11 is 0. The minimum absolute atomic E-state index is 0.275. The monoisotopic (exact) mass is 418 g/mol. The van der Waals surface area contributed by atoms with Crippen LogP contribution in [0.15, 0.2) is 0 Å². The van der Waals surface area contributed by atoms with Crippen LogP contribution in [0.25, 0.3) is 0 Å². The predicted molar refractivity (Wildman–Crippen MR) is 89.2 cm³/mol. The number of hydrogen-bond acceptors (Lipinski definition) is 10. The summed E-state index contributed by atoms with van der Waals surface area (Å²) in [5, 5.41) is 0. The number of ether oxygens (including phenoxy) is 4. The molecule has 0 spiro atoms. The molecule has 2 saturated heterocycles. The van der Waals surface area contributed by atoms with Gasteiger partial charge < -0.3 is 18.9 Å². The zero-order chi connectivity index (χ0) is 20.0. The Balaban J connectivity index is 2.26. The highest BCUT2D eigenvalue weighted by atomic mass is 32.2. The molecule has 0 bridgehead atoms. The molecule has 0 aromatic rings. The van der Waals surface area contributed by atoms with Gasteiger partial charge in [-0.3, -0.25) is 8.37 Å². The molecule has 0 aromatic carbocycles. The second-order valence-electron chi connectivity index (χ2n) is 7.25. The Morgan fingerprint density at radius 3 is 1.27 bits per heavy atom. The molecule has 2 heterocycles. The Bertz CT molecular complexity index is 650. The number of hydrogen-bond donors (Lipinski definition) is 0. The molecule has 26 heavy (non-hydrogen) atoms. The third kappa shape index (κ3) is 6.37. The zero-order valence-corrected chi connectivity index (χ0v) is 17.3. The van der Waals surface area contributed by atoms with Gasteiger partial charge in [-0.1, -0.05) is 0 Å². The maximum Gasteiger partial charge on any atom is 0.264 e. The van der Waals surface area contributed by atoms with Gasteiger partial charge in [0.25, 0.3) is 20.2 Å². The summed E-state index contributed by atoms with van der Waals surface area (Å²) in [6.07, 6.45) is -1.17. The van der Waals surface area contributed by atoms with Crippen LogP contribution >= 0.6 is 0 Å². The van der Waals surface area contributed by atoms with Crippen LogP contribution in [-0.4, -0.2) is 78.6 Å². The molecule has 2 aliphatic rings. The zero-order valence-electron chi connectivity index (χ0n) is 15.6. The van der Waals surface area contributed by atoms with E-state index >= 15 is 0 Å². The van der Waals surface area contributed by atoms with Crippen LogP contribution in [0.3, 0.4) is 0 Å². The van der Waals surface area contributed by atoms with Gasteiger partial charge in [0.05, 0.1) is 25.7 Å². The van der Waals surface area contributed by atoms with E-state index in [2.05, 4.69) is 0 Å². The van der Waals surface area contributed by atoms with Gasteiger partial charge in [0.15, 0.2) is 11.6 Å². The highest BCUT2D eigenvalue weighted by Gasteiger charge is 2.54. The molecule has 4 atom stereocenters. The van der Waals surface area contributed by atoms with E-state index in [-0.39, 0.29) is 13.2 Å². The fraction of sp³-hybridized carbons (Fsp3) is 1.00. The van der Waals surface area contributed by atoms with Crippen molar-refractivity contribution in [3.8, 4) is 0 Å². The lowest BCUT2D eigenvalue weighted by atomic mass is 9.98. The van der Waals surface area contributed by atoms with E-state index < -0.39 is 56.2 Å². The molecule has 2 fully saturated rings. The average molecular weight is 418 g/mol. The van der Waals surface area contributed by atoms with Crippen molar-refractivity contribution in [1.29, 1.82) is 0 Å². The Hall–Kier alpha value is -0.340. The van der Waals surface area contributed by atoms with Crippen LogP contribution in [0.4, 0.5) is 0 Å². The Morgan fingerprint density at radius 2 is 1.00 bits per heavy atom. The largest absolute Gasteiger partial charge is 0.342 e. The standard InChI is InChI=1S/C14H26O10S2/c1-13(2)21-9(7-19-25(5,15)16)12-11(23-13)10(8-20-26(6,17)18)22-14(3,4)24-12/h9-12H,7-8H2,1-6H3/t9-,10+,11-,12-/m0/s1. The molecular formula is C14H26O10S2. The Morgan fingerprint density at radius 1 is 0.692 bits per heavy atom. The molecule has 0 aromatic heterocycles. The predicted octanol–water partition coefficient (Wildman–Crippen LogP) is -0.0210. The van der Waals surface area contributed by atoms with Crippen molar-refractivity contribution in [2.75, 3.05) is 25.7 Å². The average Bonchev–Trinajstić information content (AvgIpc) is 2.40. The molecule has 10 nitrogen and oxygen atoms in total.